The van der Waals surface area contributed by atoms with Crippen molar-refractivity contribution in [1.82, 2.24) is 0 Å². The van der Waals surface area contributed by atoms with Gasteiger partial charge >= 0.3 is 6.18 Å². The van der Waals surface area contributed by atoms with Crippen molar-refractivity contribution in [1.29, 1.82) is 0 Å². The number of aliphatic hydroxyl groups is 1. The smallest absolute Gasteiger partial charge is 0.416 e. The predicted molar refractivity (Wildman–Crippen MR) is 59.8 cm³/mol. The summed E-state index contributed by atoms with van der Waals surface area (Å²) < 4.78 is 42.5. The molecule has 0 spiro atoms. The summed E-state index contributed by atoms with van der Waals surface area (Å²) in [6, 6.07) is 6.40. The van der Waals surface area contributed by atoms with Crippen molar-refractivity contribution in [2.24, 2.45) is 0 Å². The van der Waals surface area contributed by atoms with Crippen LogP contribution in [0.1, 0.15) is 16.9 Å². The molecule has 0 bridgehead atoms. The quantitative estimate of drug-likeness (QED) is 0.887. The highest BCUT2D eigenvalue weighted by Gasteiger charge is 2.30. The number of aryl methyl sites for hydroxylation is 1. The van der Waals surface area contributed by atoms with E-state index in [2.05, 4.69) is 0 Å². The molecule has 0 fully saturated rings. The molecule has 0 aliphatic heterocycles. The van der Waals surface area contributed by atoms with Crippen LogP contribution in [-0.4, -0.2) is 5.11 Å². The second-order valence-electron chi connectivity index (χ2n) is 3.95. The molecule has 2 rings (SSSR count). The standard InChI is InChI=1S/C13H11F3O2/c1-8-6-11(18-12(8)7-17)9-2-4-10(5-3-9)13(14,15)16/h2-6,17H,7H2,1H3. The third kappa shape index (κ3) is 2.41. The molecule has 0 saturated heterocycles. The second kappa shape index (κ2) is 4.49. The van der Waals surface area contributed by atoms with Gasteiger partial charge in [0.1, 0.15) is 18.1 Å². The summed E-state index contributed by atoms with van der Waals surface area (Å²) in [4.78, 5) is 0. The van der Waals surface area contributed by atoms with Crippen molar-refractivity contribution < 1.29 is 22.7 Å². The molecule has 2 nitrogen and oxygen atoms in total. The van der Waals surface area contributed by atoms with Crippen molar-refractivity contribution in [2.45, 2.75) is 19.7 Å². The zero-order valence-electron chi connectivity index (χ0n) is 9.58. The van der Waals surface area contributed by atoms with Crippen LogP contribution in [0.2, 0.25) is 0 Å². The predicted octanol–water partition coefficient (Wildman–Crippen LogP) is 3.77. The van der Waals surface area contributed by atoms with Gasteiger partial charge in [0.2, 0.25) is 0 Å². The van der Waals surface area contributed by atoms with Gasteiger partial charge in [0.25, 0.3) is 0 Å². The molecule has 0 amide bonds. The van der Waals surface area contributed by atoms with Crippen LogP contribution >= 0.6 is 0 Å². The molecule has 1 aromatic carbocycles. The zero-order chi connectivity index (χ0) is 13.3. The normalized spacial score (nSPS) is 11.8. The van der Waals surface area contributed by atoms with E-state index in [-0.39, 0.29) is 6.61 Å². The highest BCUT2D eigenvalue weighted by Crippen LogP contribution is 2.32. The first-order chi connectivity index (χ1) is 8.41. The first-order valence-corrected chi connectivity index (χ1v) is 5.29. The van der Waals surface area contributed by atoms with E-state index in [1.165, 1.54) is 12.1 Å². The van der Waals surface area contributed by atoms with E-state index < -0.39 is 11.7 Å². The van der Waals surface area contributed by atoms with Gasteiger partial charge in [-0.15, -0.1) is 0 Å². The zero-order valence-corrected chi connectivity index (χ0v) is 9.58. The number of halogens is 3. The fourth-order valence-corrected chi connectivity index (χ4v) is 1.64. The molecular weight excluding hydrogens is 245 g/mol. The van der Waals surface area contributed by atoms with Crippen LogP contribution < -0.4 is 0 Å². The monoisotopic (exact) mass is 256 g/mol. The SMILES string of the molecule is Cc1cc(-c2ccc(C(F)(F)F)cc2)oc1CO. The molecule has 1 heterocycles. The summed E-state index contributed by atoms with van der Waals surface area (Å²) in [5, 5.41) is 8.99. The molecule has 5 heteroatoms. The van der Waals surface area contributed by atoms with Crippen LogP contribution in [0.15, 0.2) is 34.7 Å². The van der Waals surface area contributed by atoms with Gasteiger partial charge in [0.15, 0.2) is 0 Å². The van der Waals surface area contributed by atoms with Crippen LogP contribution in [0.3, 0.4) is 0 Å². The third-order valence-corrected chi connectivity index (χ3v) is 2.66. The van der Waals surface area contributed by atoms with E-state index in [0.29, 0.717) is 17.1 Å². The molecule has 1 N–H and O–H groups in total. The van der Waals surface area contributed by atoms with Crippen molar-refractivity contribution in [3.05, 3.63) is 47.2 Å². The Morgan fingerprint density at radius 1 is 1.17 bits per heavy atom. The molecule has 0 aliphatic rings. The number of alkyl halides is 3. The summed E-state index contributed by atoms with van der Waals surface area (Å²) in [5.74, 6) is 0.871. The Morgan fingerprint density at radius 2 is 1.78 bits per heavy atom. The third-order valence-electron chi connectivity index (χ3n) is 2.66. The van der Waals surface area contributed by atoms with E-state index in [1.54, 1.807) is 13.0 Å². The largest absolute Gasteiger partial charge is 0.458 e. The number of benzene rings is 1. The van der Waals surface area contributed by atoms with Gasteiger partial charge in [-0.25, -0.2) is 0 Å². The Morgan fingerprint density at radius 3 is 2.22 bits per heavy atom. The van der Waals surface area contributed by atoms with Crippen molar-refractivity contribution in [2.75, 3.05) is 0 Å². The first-order valence-electron chi connectivity index (χ1n) is 5.29. The number of furan rings is 1. The highest BCUT2D eigenvalue weighted by molar-refractivity contribution is 5.59. The molecular formula is C13H11F3O2. The maximum Gasteiger partial charge on any atom is 0.416 e. The van der Waals surface area contributed by atoms with Gasteiger partial charge < -0.3 is 9.52 Å². The summed E-state index contributed by atoms with van der Waals surface area (Å²) in [6.07, 6.45) is -4.34. The summed E-state index contributed by atoms with van der Waals surface area (Å²) in [6.45, 7) is 1.54. The lowest BCUT2D eigenvalue weighted by atomic mass is 10.1. The summed E-state index contributed by atoms with van der Waals surface area (Å²) >= 11 is 0. The van der Waals surface area contributed by atoms with Crippen molar-refractivity contribution in [3.8, 4) is 11.3 Å². The molecule has 0 aliphatic carbocycles. The fourth-order valence-electron chi connectivity index (χ4n) is 1.64. The lowest BCUT2D eigenvalue weighted by Gasteiger charge is -2.06. The van der Waals surface area contributed by atoms with Crippen molar-refractivity contribution >= 4 is 0 Å². The van der Waals surface area contributed by atoms with E-state index in [4.69, 9.17) is 9.52 Å². The molecule has 18 heavy (non-hydrogen) atoms. The van der Waals surface area contributed by atoms with Gasteiger partial charge in [0, 0.05) is 5.56 Å². The Bertz CT molecular complexity index is 538. The van der Waals surface area contributed by atoms with Gasteiger partial charge in [-0.3, -0.25) is 0 Å². The van der Waals surface area contributed by atoms with E-state index in [0.717, 1.165) is 17.7 Å². The van der Waals surface area contributed by atoms with E-state index >= 15 is 0 Å². The summed E-state index contributed by atoms with van der Waals surface area (Å²) in [5.41, 5.74) is 0.620. The van der Waals surface area contributed by atoms with Gasteiger partial charge in [0.05, 0.1) is 5.56 Å². The second-order valence-corrected chi connectivity index (χ2v) is 3.95. The van der Waals surface area contributed by atoms with E-state index in [9.17, 15) is 13.2 Å². The Labute approximate surface area is 102 Å². The topological polar surface area (TPSA) is 33.4 Å². The average molecular weight is 256 g/mol. The maximum absolute atomic E-state index is 12.4. The molecule has 96 valence electrons. The Hall–Kier alpha value is -1.75. The molecule has 2 aromatic rings. The minimum Gasteiger partial charge on any atom is -0.458 e. The van der Waals surface area contributed by atoms with Gasteiger partial charge in [-0.2, -0.15) is 13.2 Å². The summed E-state index contributed by atoms with van der Waals surface area (Å²) in [7, 11) is 0. The van der Waals surface area contributed by atoms with Crippen molar-refractivity contribution in [3.63, 3.8) is 0 Å². The van der Waals surface area contributed by atoms with Gasteiger partial charge in [-0.05, 0) is 30.7 Å². The van der Waals surface area contributed by atoms with E-state index in [1.807, 2.05) is 0 Å². The molecule has 0 radical (unpaired) electrons. The highest BCUT2D eigenvalue weighted by atomic mass is 19.4. The fraction of sp³-hybridized carbons (Fsp3) is 0.231. The van der Waals surface area contributed by atoms with Gasteiger partial charge in [-0.1, -0.05) is 12.1 Å². The number of aliphatic hydroxyl groups excluding tert-OH is 1. The lowest BCUT2D eigenvalue weighted by Crippen LogP contribution is -2.03. The molecule has 1 aromatic heterocycles. The van der Waals surface area contributed by atoms with Crippen LogP contribution in [0.4, 0.5) is 13.2 Å². The van der Waals surface area contributed by atoms with Crippen LogP contribution in [-0.2, 0) is 12.8 Å². The number of hydrogen-bond donors (Lipinski definition) is 1. The first kappa shape index (κ1) is 12.7. The molecule has 0 saturated carbocycles. The minimum atomic E-state index is -4.34. The van der Waals surface area contributed by atoms with Crippen LogP contribution in [0.5, 0.6) is 0 Å². The average Bonchev–Trinajstić information content (AvgIpc) is 2.69. The lowest BCUT2D eigenvalue weighted by molar-refractivity contribution is -0.137. The number of rotatable bonds is 2. The molecule has 0 unspecified atom stereocenters. The van der Waals surface area contributed by atoms with Crippen LogP contribution in [0, 0.1) is 6.92 Å². The molecule has 0 atom stereocenters. The van der Waals surface area contributed by atoms with Crippen LogP contribution in [0.25, 0.3) is 11.3 Å². The number of hydrogen-bond acceptors (Lipinski definition) is 2. The minimum absolute atomic E-state index is 0.230. The maximum atomic E-state index is 12.4. The Kier molecular flexibility index (Phi) is 3.17. The Balaban J connectivity index is 2.34.